The molecule has 3 rings (SSSR count). The number of carbonyl (C=O) groups is 1. The molecule has 4 heteroatoms. The third-order valence-corrected chi connectivity index (χ3v) is 5.70. The average molecular weight is 293 g/mol. The molecule has 1 atom stereocenters. The Morgan fingerprint density at radius 3 is 2.19 bits per heavy atom. The van der Waals surface area contributed by atoms with Gasteiger partial charge in [0.15, 0.2) is 0 Å². The van der Waals surface area contributed by atoms with E-state index in [1.807, 2.05) is 0 Å². The van der Waals surface area contributed by atoms with Gasteiger partial charge in [-0.3, -0.25) is 4.79 Å². The lowest BCUT2D eigenvalue weighted by molar-refractivity contribution is -0.133. The number of carbonyl (C=O) groups excluding carboxylic acids is 1. The first-order valence-electron chi connectivity index (χ1n) is 8.87. The van der Waals surface area contributed by atoms with Crippen LogP contribution in [0.2, 0.25) is 0 Å². The van der Waals surface area contributed by atoms with Gasteiger partial charge in [0.25, 0.3) is 0 Å². The summed E-state index contributed by atoms with van der Waals surface area (Å²) in [7, 11) is 2.22. The van der Waals surface area contributed by atoms with Crippen LogP contribution in [0, 0.1) is 11.8 Å². The van der Waals surface area contributed by atoms with Crippen LogP contribution in [0.15, 0.2) is 0 Å². The molecule has 0 aromatic heterocycles. The molecule has 21 heavy (non-hydrogen) atoms. The van der Waals surface area contributed by atoms with E-state index in [1.165, 1.54) is 25.9 Å². The van der Waals surface area contributed by atoms with E-state index < -0.39 is 0 Å². The predicted molar refractivity (Wildman–Crippen MR) is 85.1 cm³/mol. The maximum Gasteiger partial charge on any atom is 0.225 e. The molecule has 0 radical (unpaired) electrons. The monoisotopic (exact) mass is 293 g/mol. The van der Waals surface area contributed by atoms with Crippen LogP contribution < -0.4 is 5.32 Å². The summed E-state index contributed by atoms with van der Waals surface area (Å²) in [6.07, 6.45) is 7.17. The summed E-state index contributed by atoms with van der Waals surface area (Å²) in [4.78, 5) is 16.6. The highest BCUT2D eigenvalue weighted by atomic mass is 16.2. The third kappa shape index (κ3) is 3.98. The lowest BCUT2D eigenvalue weighted by Crippen LogP contribution is -2.50. The van der Waals surface area contributed by atoms with E-state index in [0.29, 0.717) is 23.9 Å². The highest BCUT2D eigenvalue weighted by Gasteiger charge is 2.35. The van der Waals surface area contributed by atoms with Crippen LogP contribution >= 0.6 is 0 Å². The highest BCUT2D eigenvalue weighted by molar-refractivity contribution is 5.81. The van der Waals surface area contributed by atoms with Crippen molar-refractivity contribution >= 4 is 5.91 Å². The molecule has 3 fully saturated rings. The van der Waals surface area contributed by atoms with Gasteiger partial charge < -0.3 is 15.1 Å². The van der Waals surface area contributed by atoms with Gasteiger partial charge in [-0.05, 0) is 71.5 Å². The number of hydrogen-bond donors (Lipinski definition) is 1. The number of nitrogens with zero attached hydrogens (tertiary/aromatic N) is 2. The molecule has 0 aromatic rings. The highest BCUT2D eigenvalue weighted by Crippen LogP contribution is 2.32. The maximum absolute atomic E-state index is 12.1. The van der Waals surface area contributed by atoms with Crippen molar-refractivity contribution in [3.63, 3.8) is 0 Å². The molecule has 1 aliphatic carbocycles. The molecule has 3 aliphatic rings. The molecular weight excluding hydrogens is 262 g/mol. The zero-order valence-corrected chi connectivity index (χ0v) is 13.7. The van der Waals surface area contributed by atoms with Crippen LogP contribution in [0.3, 0.4) is 0 Å². The standard InChI is InChI=1S/C17H31N3O/c1-13(14-5-9-19(2)10-6-14)18-16-7-11-20(12-8-16)17(21)15-3-4-15/h13-16,18H,3-12H2,1-2H3. The topological polar surface area (TPSA) is 35.6 Å². The number of likely N-dealkylation sites (tertiary alicyclic amines) is 2. The first-order chi connectivity index (χ1) is 10.1. The number of piperidine rings is 2. The molecule has 0 bridgehead atoms. The van der Waals surface area contributed by atoms with Crippen LogP contribution in [0.25, 0.3) is 0 Å². The summed E-state index contributed by atoms with van der Waals surface area (Å²) in [6, 6.07) is 1.23. The third-order valence-electron chi connectivity index (χ3n) is 5.70. The molecule has 1 saturated carbocycles. The number of amides is 1. The molecular formula is C17H31N3O. The Morgan fingerprint density at radius 2 is 1.62 bits per heavy atom. The Kier molecular flexibility index (Phi) is 4.85. The summed E-state index contributed by atoms with van der Waals surface area (Å²) in [5.74, 6) is 1.64. The minimum absolute atomic E-state index is 0.382. The van der Waals surface area contributed by atoms with Crippen molar-refractivity contribution in [2.75, 3.05) is 33.2 Å². The normalized spacial score (nSPS) is 27.8. The fourth-order valence-corrected chi connectivity index (χ4v) is 3.89. The Bertz CT molecular complexity index is 353. The van der Waals surface area contributed by atoms with Gasteiger partial charge in [0.05, 0.1) is 0 Å². The van der Waals surface area contributed by atoms with Gasteiger partial charge in [0.2, 0.25) is 5.91 Å². The summed E-state index contributed by atoms with van der Waals surface area (Å²) < 4.78 is 0. The van der Waals surface area contributed by atoms with Gasteiger partial charge in [0.1, 0.15) is 0 Å². The van der Waals surface area contributed by atoms with Crippen molar-refractivity contribution in [1.29, 1.82) is 0 Å². The Hall–Kier alpha value is -0.610. The second-order valence-electron chi connectivity index (χ2n) is 7.47. The average Bonchev–Trinajstić information content (AvgIpc) is 3.32. The van der Waals surface area contributed by atoms with E-state index in [1.54, 1.807) is 0 Å². The van der Waals surface area contributed by atoms with E-state index in [0.717, 1.165) is 44.7 Å². The second kappa shape index (κ2) is 6.66. The molecule has 2 heterocycles. The summed E-state index contributed by atoms with van der Waals surface area (Å²) in [6.45, 7) is 6.77. The molecule has 1 amide bonds. The maximum atomic E-state index is 12.1. The van der Waals surface area contributed by atoms with E-state index in [2.05, 4.69) is 29.1 Å². The Morgan fingerprint density at radius 1 is 1.00 bits per heavy atom. The SMILES string of the molecule is CC(NC1CCN(C(=O)C2CC2)CC1)C1CCN(C)CC1. The Labute approximate surface area is 129 Å². The van der Waals surface area contributed by atoms with Crippen LogP contribution in [-0.2, 0) is 4.79 Å². The van der Waals surface area contributed by atoms with Crippen molar-refractivity contribution < 1.29 is 4.79 Å². The van der Waals surface area contributed by atoms with E-state index >= 15 is 0 Å². The van der Waals surface area contributed by atoms with Gasteiger partial charge >= 0.3 is 0 Å². The smallest absolute Gasteiger partial charge is 0.225 e. The molecule has 0 aromatic carbocycles. The van der Waals surface area contributed by atoms with Crippen LogP contribution in [-0.4, -0.2) is 61.0 Å². The van der Waals surface area contributed by atoms with Crippen molar-refractivity contribution in [3.05, 3.63) is 0 Å². The summed E-state index contributed by atoms with van der Waals surface area (Å²) in [5.41, 5.74) is 0. The van der Waals surface area contributed by atoms with E-state index in [-0.39, 0.29) is 0 Å². The number of hydrogen-bond acceptors (Lipinski definition) is 3. The van der Waals surface area contributed by atoms with Gasteiger partial charge in [-0.25, -0.2) is 0 Å². The Balaban J connectivity index is 1.39. The van der Waals surface area contributed by atoms with Gasteiger partial charge in [-0.2, -0.15) is 0 Å². The largest absolute Gasteiger partial charge is 0.342 e. The molecule has 0 spiro atoms. The van der Waals surface area contributed by atoms with Crippen molar-refractivity contribution in [3.8, 4) is 0 Å². The molecule has 120 valence electrons. The molecule has 1 unspecified atom stereocenters. The number of nitrogens with one attached hydrogen (secondary N) is 1. The molecule has 4 nitrogen and oxygen atoms in total. The fraction of sp³-hybridized carbons (Fsp3) is 0.941. The lowest BCUT2D eigenvalue weighted by atomic mass is 9.89. The van der Waals surface area contributed by atoms with Crippen molar-refractivity contribution in [2.45, 2.75) is 57.5 Å². The van der Waals surface area contributed by atoms with Gasteiger partial charge in [0, 0.05) is 31.1 Å². The van der Waals surface area contributed by atoms with E-state index in [9.17, 15) is 4.79 Å². The van der Waals surface area contributed by atoms with Crippen LogP contribution in [0.5, 0.6) is 0 Å². The minimum atomic E-state index is 0.382. The quantitative estimate of drug-likeness (QED) is 0.857. The first kappa shape index (κ1) is 15.3. The van der Waals surface area contributed by atoms with Crippen molar-refractivity contribution in [2.24, 2.45) is 11.8 Å². The number of rotatable bonds is 4. The molecule has 2 saturated heterocycles. The van der Waals surface area contributed by atoms with Crippen LogP contribution in [0.4, 0.5) is 0 Å². The molecule has 1 N–H and O–H groups in total. The van der Waals surface area contributed by atoms with E-state index in [4.69, 9.17) is 0 Å². The summed E-state index contributed by atoms with van der Waals surface area (Å²) in [5, 5.41) is 3.85. The van der Waals surface area contributed by atoms with Gasteiger partial charge in [-0.1, -0.05) is 0 Å². The lowest BCUT2D eigenvalue weighted by Gasteiger charge is -2.38. The summed E-state index contributed by atoms with van der Waals surface area (Å²) >= 11 is 0. The fourth-order valence-electron chi connectivity index (χ4n) is 3.89. The van der Waals surface area contributed by atoms with Crippen molar-refractivity contribution in [1.82, 2.24) is 15.1 Å². The zero-order valence-electron chi connectivity index (χ0n) is 13.7. The van der Waals surface area contributed by atoms with Gasteiger partial charge in [-0.15, -0.1) is 0 Å². The minimum Gasteiger partial charge on any atom is -0.342 e. The van der Waals surface area contributed by atoms with Crippen LogP contribution in [0.1, 0.15) is 45.4 Å². The molecule has 2 aliphatic heterocycles. The zero-order chi connectivity index (χ0) is 14.8. The predicted octanol–water partition coefficient (Wildman–Crippen LogP) is 1.71. The first-order valence-corrected chi connectivity index (χ1v) is 8.87. The second-order valence-corrected chi connectivity index (χ2v) is 7.47.